The summed E-state index contributed by atoms with van der Waals surface area (Å²) >= 11 is 3.39. The molecule has 1 aliphatic heterocycles. The number of amides is 1. The van der Waals surface area contributed by atoms with Gasteiger partial charge >= 0.3 is 0 Å². The first-order valence-electron chi connectivity index (χ1n) is 13.1. The van der Waals surface area contributed by atoms with Gasteiger partial charge in [0.15, 0.2) is 6.10 Å². The zero-order valence-corrected chi connectivity index (χ0v) is 22.9. The van der Waals surface area contributed by atoms with Crippen molar-refractivity contribution in [3.8, 4) is 11.5 Å². The van der Waals surface area contributed by atoms with Crippen LogP contribution in [0.3, 0.4) is 0 Å². The number of carbonyl (C=O) groups excluding carboxylic acids is 1. The van der Waals surface area contributed by atoms with E-state index in [4.69, 9.17) is 9.72 Å². The Morgan fingerprint density at radius 2 is 1.79 bits per heavy atom. The van der Waals surface area contributed by atoms with E-state index in [1.54, 1.807) is 23.1 Å². The number of aromatic amines is 1. The number of halogens is 1. The molecular weight excluding hydrogens is 558 g/mol. The molecule has 8 heteroatoms. The monoisotopic (exact) mass is 585 g/mol. The number of ether oxygens (including phenoxy) is 1. The minimum atomic E-state index is -1.30. The molecule has 1 amide bonds. The Morgan fingerprint density at radius 3 is 2.56 bits per heavy atom. The number of aliphatic hydroxyl groups excluding tert-OH is 1. The molecule has 1 unspecified atom stereocenters. The fourth-order valence-electron chi connectivity index (χ4n) is 5.30. The smallest absolute Gasteiger partial charge is 0.256 e. The molecule has 0 spiro atoms. The van der Waals surface area contributed by atoms with Gasteiger partial charge in [-0.05, 0) is 73.2 Å². The molecule has 2 heterocycles. The normalized spacial score (nSPS) is 16.6. The zero-order valence-electron chi connectivity index (χ0n) is 21.3. The predicted octanol–water partition coefficient (Wildman–Crippen LogP) is 5.41. The first kappa shape index (κ1) is 25.5. The molecule has 6 rings (SSSR count). The molecular formula is C31H28BrN3O4. The maximum Gasteiger partial charge on any atom is 0.256 e. The van der Waals surface area contributed by atoms with Crippen LogP contribution in [0.15, 0.2) is 88.1 Å². The average Bonchev–Trinajstić information content (AvgIpc) is 3.78. The highest BCUT2D eigenvalue weighted by Crippen LogP contribution is 2.52. The van der Waals surface area contributed by atoms with Crippen LogP contribution in [0, 0.1) is 0 Å². The molecule has 7 nitrogen and oxygen atoms in total. The second kappa shape index (κ2) is 10.4. The van der Waals surface area contributed by atoms with E-state index in [1.165, 1.54) is 0 Å². The first-order valence-corrected chi connectivity index (χ1v) is 13.9. The lowest BCUT2D eigenvalue weighted by molar-refractivity contribution is -0.141. The lowest BCUT2D eigenvalue weighted by atomic mass is 9.94. The number of aromatic nitrogens is 2. The highest BCUT2D eigenvalue weighted by Gasteiger charge is 2.49. The highest BCUT2D eigenvalue weighted by molar-refractivity contribution is 9.10. The summed E-state index contributed by atoms with van der Waals surface area (Å²) in [5.41, 5.74) is 2.20. The van der Waals surface area contributed by atoms with Gasteiger partial charge in [-0.3, -0.25) is 9.59 Å². The molecule has 0 bridgehead atoms. The number of nitrogens with one attached hydrogen (secondary N) is 1. The van der Waals surface area contributed by atoms with E-state index in [0.29, 0.717) is 36.3 Å². The van der Waals surface area contributed by atoms with Gasteiger partial charge < -0.3 is 19.7 Å². The van der Waals surface area contributed by atoms with Gasteiger partial charge in [0.1, 0.15) is 17.3 Å². The van der Waals surface area contributed by atoms with Gasteiger partial charge in [-0.15, -0.1) is 0 Å². The second-order valence-electron chi connectivity index (χ2n) is 10.2. The molecule has 39 heavy (non-hydrogen) atoms. The van der Waals surface area contributed by atoms with Crippen LogP contribution >= 0.6 is 15.9 Å². The molecule has 198 valence electrons. The van der Waals surface area contributed by atoms with E-state index in [2.05, 4.69) is 27.0 Å². The van der Waals surface area contributed by atoms with Gasteiger partial charge in [0.05, 0.1) is 23.2 Å². The number of rotatable bonds is 6. The molecule has 0 saturated heterocycles. The van der Waals surface area contributed by atoms with Gasteiger partial charge in [-0.1, -0.05) is 58.4 Å². The third kappa shape index (κ3) is 5.14. The van der Waals surface area contributed by atoms with Gasteiger partial charge in [0.2, 0.25) is 0 Å². The van der Waals surface area contributed by atoms with Crippen molar-refractivity contribution < 1.29 is 14.6 Å². The number of aliphatic hydroxyl groups is 1. The Morgan fingerprint density at radius 1 is 1.03 bits per heavy atom. The summed E-state index contributed by atoms with van der Waals surface area (Å²) < 4.78 is 6.83. The summed E-state index contributed by atoms with van der Waals surface area (Å²) in [5.74, 6) is 1.75. The molecule has 1 aliphatic carbocycles. The third-order valence-electron chi connectivity index (χ3n) is 7.57. The largest absolute Gasteiger partial charge is 0.457 e. The standard InChI is InChI=1S/C31H28BrN3O4/c32-22-9-4-7-20(17-22)27(36)29(38)35-16-6-13-26-25(19-35)28(37)34-30(33-26)31(14-15-31)21-8-5-12-24(18-21)39-23-10-2-1-3-11-23/h1-5,7-12,17-18,27,36H,6,13-16,19H2,(H,33,34,37). The third-order valence-corrected chi connectivity index (χ3v) is 8.06. The average molecular weight is 586 g/mol. The minimum absolute atomic E-state index is 0.120. The van der Waals surface area contributed by atoms with E-state index in [0.717, 1.165) is 40.1 Å². The van der Waals surface area contributed by atoms with Gasteiger partial charge in [0.25, 0.3) is 11.5 Å². The lowest BCUT2D eigenvalue weighted by Crippen LogP contribution is -2.36. The predicted molar refractivity (Wildman–Crippen MR) is 151 cm³/mol. The van der Waals surface area contributed by atoms with Crippen LogP contribution in [0.2, 0.25) is 0 Å². The highest BCUT2D eigenvalue weighted by atomic mass is 79.9. The molecule has 1 aromatic heterocycles. The summed E-state index contributed by atoms with van der Waals surface area (Å²) in [7, 11) is 0. The van der Waals surface area contributed by atoms with Crippen LogP contribution in [0.4, 0.5) is 0 Å². The summed E-state index contributed by atoms with van der Waals surface area (Å²) in [6.07, 6.45) is 1.72. The number of H-pyrrole nitrogens is 1. The van der Waals surface area contributed by atoms with Crippen LogP contribution in [0.5, 0.6) is 11.5 Å². The number of aryl methyl sites for hydroxylation is 1. The Hall–Kier alpha value is -3.75. The molecule has 3 aromatic carbocycles. The van der Waals surface area contributed by atoms with Crippen LogP contribution < -0.4 is 10.3 Å². The topological polar surface area (TPSA) is 95.5 Å². The van der Waals surface area contributed by atoms with E-state index in [-0.39, 0.29) is 17.5 Å². The van der Waals surface area contributed by atoms with Crippen molar-refractivity contribution in [3.05, 3.63) is 122 Å². The van der Waals surface area contributed by atoms with Gasteiger partial charge in [0, 0.05) is 11.0 Å². The molecule has 2 N–H and O–H groups in total. The van der Waals surface area contributed by atoms with Crippen LogP contribution in [-0.2, 0) is 23.2 Å². The number of nitrogens with zero attached hydrogens (tertiary/aromatic N) is 2. The van der Waals surface area contributed by atoms with Crippen molar-refractivity contribution >= 4 is 21.8 Å². The Labute approximate surface area is 234 Å². The zero-order chi connectivity index (χ0) is 27.0. The molecule has 2 aliphatic rings. The Kier molecular flexibility index (Phi) is 6.83. The van der Waals surface area contributed by atoms with E-state index in [9.17, 15) is 14.7 Å². The summed E-state index contributed by atoms with van der Waals surface area (Å²) in [6, 6.07) is 24.7. The van der Waals surface area contributed by atoms with E-state index in [1.807, 2.05) is 54.6 Å². The van der Waals surface area contributed by atoms with Crippen molar-refractivity contribution in [1.82, 2.24) is 14.9 Å². The fourth-order valence-corrected chi connectivity index (χ4v) is 5.71. The maximum absolute atomic E-state index is 13.4. The number of carbonyl (C=O) groups is 1. The number of benzene rings is 3. The van der Waals surface area contributed by atoms with Crippen molar-refractivity contribution in [1.29, 1.82) is 0 Å². The molecule has 1 saturated carbocycles. The summed E-state index contributed by atoms with van der Waals surface area (Å²) in [6.45, 7) is 0.564. The van der Waals surface area contributed by atoms with Crippen LogP contribution in [0.25, 0.3) is 0 Å². The number of para-hydroxylation sites is 1. The molecule has 4 aromatic rings. The van der Waals surface area contributed by atoms with Crippen LogP contribution in [-0.4, -0.2) is 32.4 Å². The van der Waals surface area contributed by atoms with Gasteiger partial charge in [-0.2, -0.15) is 0 Å². The van der Waals surface area contributed by atoms with Crippen molar-refractivity contribution in [2.75, 3.05) is 6.54 Å². The van der Waals surface area contributed by atoms with Crippen molar-refractivity contribution in [3.63, 3.8) is 0 Å². The van der Waals surface area contributed by atoms with Crippen molar-refractivity contribution in [2.24, 2.45) is 0 Å². The fraction of sp³-hybridized carbons (Fsp3) is 0.258. The van der Waals surface area contributed by atoms with Crippen LogP contribution in [0.1, 0.15) is 53.6 Å². The Bertz CT molecular complexity index is 1580. The number of hydrogen-bond acceptors (Lipinski definition) is 5. The van der Waals surface area contributed by atoms with Crippen molar-refractivity contribution in [2.45, 2.75) is 43.7 Å². The molecule has 1 fully saturated rings. The second-order valence-corrected chi connectivity index (χ2v) is 11.1. The SMILES string of the molecule is O=C(C(O)c1cccc(Br)c1)N1CCCc2nc(C3(c4cccc(Oc5ccccc5)c4)CC3)[nH]c(=O)c2C1. The minimum Gasteiger partial charge on any atom is -0.457 e. The lowest BCUT2D eigenvalue weighted by Gasteiger charge is -2.24. The first-order chi connectivity index (χ1) is 18.9. The van der Waals surface area contributed by atoms with Gasteiger partial charge in [-0.25, -0.2) is 4.98 Å². The van der Waals surface area contributed by atoms with E-state index < -0.39 is 12.0 Å². The number of hydrogen-bond donors (Lipinski definition) is 2. The summed E-state index contributed by atoms with van der Waals surface area (Å²) in [5, 5.41) is 10.8. The maximum atomic E-state index is 13.4. The molecule has 0 radical (unpaired) electrons. The summed E-state index contributed by atoms with van der Waals surface area (Å²) in [4.78, 5) is 36.1. The Balaban J connectivity index is 1.26. The quantitative estimate of drug-likeness (QED) is 0.315. The molecule has 1 atom stereocenters. The van der Waals surface area contributed by atoms with E-state index >= 15 is 0 Å². The number of fused-ring (bicyclic) bond motifs is 1.